The lowest BCUT2D eigenvalue weighted by Gasteiger charge is -2.05. The molecule has 0 spiro atoms. The molecule has 0 aliphatic carbocycles. The number of rotatable bonds is 1. The first-order chi connectivity index (χ1) is 7.16. The predicted molar refractivity (Wildman–Crippen MR) is 59.1 cm³/mol. The Morgan fingerprint density at radius 3 is 2.73 bits per heavy atom. The Hall–Kier alpha value is -1.61. The van der Waals surface area contributed by atoms with Gasteiger partial charge in [0.2, 0.25) is 0 Å². The van der Waals surface area contributed by atoms with Crippen molar-refractivity contribution in [2.75, 3.05) is 5.73 Å². The average molecular weight is 223 g/mol. The van der Waals surface area contributed by atoms with Crippen LogP contribution in [0.5, 0.6) is 0 Å². The molecular formula is C11H8ClFN2. The Labute approximate surface area is 91.5 Å². The molecule has 0 bridgehead atoms. The van der Waals surface area contributed by atoms with Gasteiger partial charge in [0.05, 0.1) is 6.20 Å². The topological polar surface area (TPSA) is 38.9 Å². The minimum atomic E-state index is -0.397. The largest absolute Gasteiger partial charge is 0.399 e. The van der Waals surface area contributed by atoms with Gasteiger partial charge in [-0.15, -0.1) is 0 Å². The van der Waals surface area contributed by atoms with Crippen LogP contribution >= 0.6 is 11.6 Å². The van der Waals surface area contributed by atoms with Crippen LogP contribution in [0.3, 0.4) is 0 Å². The van der Waals surface area contributed by atoms with Gasteiger partial charge in [-0.2, -0.15) is 0 Å². The van der Waals surface area contributed by atoms with Gasteiger partial charge in [-0.25, -0.2) is 4.39 Å². The highest BCUT2D eigenvalue weighted by atomic mass is 35.5. The minimum Gasteiger partial charge on any atom is -0.399 e. The zero-order chi connectivity index (χ0) is 10.8. The molecule has 2 N–H and O–H groups in total. The van der Waals surface area contributed by atoms with Crippen LogP contribution in [0.2, 0.25) is 5.02 Å². The third kappa shape index (κ3) is 2.07. The van der Waals surface area contributed by atoms with Gasteiger partial charge < -0.3 is 5.73 Å². The van der Waals surface area contributed by atoms with Gasteiger partial charge in [-0.1, -0.05) is 11.6 Å². The van der Waals surface area contributed by atoms with Crippen LogP contribution in [-0.2, 0) is 0 Å². The smallest absolute Gasteiger partial charge is 0.142 e. The Balaban J connectivity index is 2.58. The maximum Gasteiger partial charge on any atom is 0.142 e. The summed E-state index contributed by atoms with van der Waals surface area (Å²) in [5, 5.41) is 0.525. The summed E-state index contributed by atoms with van der Waals surface area (Å²) in [6.07, 6.45) is 2.69. The third-order valence-corrected chi connectivity index (χ3v) is 2.34. The number of anilines is 1. The fourth-order valence-electron chi connectivity index (χ4n) is 1.32. The van der Waals surface area contributed by atoms with Gasteiger partial charge in [0.15, 0.2) is 0 Å². The lowest BCUT2D eigenvalue weighted by atomic mass is 10.1. The van der Waals surface area contributed by atoms with E-state index in [1.165, 1.54) is 6.07 Å². The molecule has 0 atom stereocenters. The van der Waals surface area contributed by atoms with E-state index in [0.29, 0.717) is 21.8 Å². The van der Waals surface area contributed by atoms with Crippen molar-refractivity contribution in [3.63, 3.8) is 0 Å². The number of nitrogens with two attached hydrogens (primary N) is 1. The van der Waals surface area contributed by atoms with Crippen molar-refractivity contribution in [2.24, 2.45) is 0 Å². The summed E-state index contributed by atoms with van der Waals surface area (Å²) in [4.78, 5) is 3.76. The van der Waals surface area contributed by atoms with Gasteiger partial charge in [0.25, 0.3) is 0 Å². The summed E-state index contributed by atoms with van der Waals surface area (Å²) in [5.74, 6) is -0.397. The number of aromatic nitrogens is 1. The van der Waals surface area contributed by atoms with E-state index in [4.69, 9.17) is 17.3 Å². The van der Waals surface area contributed by atoms with Crippen LogP contribution in [0.25, 0.3) is 11.1 Å². The molecule has 15 heavy (non-hydrogen) atoms. The highest BCUT2D eigenvalue weighted by molar-refractivity contribution is 6.33. The zero-order valence-corrected chi connectivity index (χ0v) is 8.50. The van der Waals surface area contributed by atoms with Crippen molar-refractivity contribution in [3.05, 3.63) is 47.5 Å². The highest BCUT2D eigenvalue weighted by Crippen LogP contribution is 2.29. The summed E-state index contributed by atoms with van der Waals surface area (Å²) in [7, 11) is 0. The Morgan fingerprint density at radius 1 is 1.20 bits per heavy atom. The minimum absolute atomic E-state index is 0.397. The van der Waals surface area contributed by atoms with Crippen molar-refractivity contribution in [3.8, 4) is 11.1 Å². The second-order valence-electron chi connectivity index (χ2n) is 3.13. The van der Waals surface area contributed by atoms with E-state index in [-0.39, 0.29) is 0 Å². The Morgan fingerprint density at radius 2 is 2.00 bits per heavy atom. The first-order valence-electron chi connectivity index (χ1n) is 4.33. The summed E-state index contributed by atoms with van der Waals surface area (Å²) in [5.41, 5.74) is 7.51. The van der Waals surface area contributed by atoms with Gasteiger partial charge in [-0.3, -0.25) is 4.98 Å². The molecule has 0 saturated carbocycles. The molecule has 2 nitrogen and oxygen atoms in total. The highest BCUT2D eigenvalue weighted by Gasteiger charge is 2.05. The normalized spacial score (nSPS) is 10.3. The molecule has 4 heteroatoms. The maximum absolute atomic E-state index is 12.9. The van der Waals surface area contributed by atoms with Crippen LogP contribution in [0.15, 0.2) is 36.7 Å². The van der Waals surface area contributed by atoms with E-state index in [1.54, 1.807) is 24.4 Å². The first-order valence-corrected chi connectivity index (χ1v) is 4.70. The molecule has 2 rings (SSSR count). The molecule has 0 unspecified atom stereocenters. The maximum atomic E-state index is 12.9. The van der Waals surface area contributed by atoms with Crippen molar-refractivity contribution in [2.45, 2.75) is 0 Å². The van der Waals surface area contributed by atoms with Gasteiger partial charge in [-0.05, 0) is 24.3 Å². The lowest BCUT2D eigenvalue weighted by molar-refractivity contribution is 0.622. The monoisotopic (exact) mass is 222 g/mol. The van der Waals surface area contributed by atoms with Gasteiger partial charge in [0.1, 0.15) is 5.82 Å². The SMILES string of the molecule is Nc1ccc(Cl)c(-c2cncc(F)c2)c1. The third-order valence-electron chi connectivity index (χ3n) is 2.01. The molecule has 0 aliphatic rings. The molecule has 0 amide bonds. The number of benzene rings is 1. The van der Waals surface area contributed by atoms with Crippen molar-refractivity contribution in [1.82, 2.24) is 4.98 Å². The predicted octanol–water partition coefficient (Wildman–Crippen LogP) is 3.12. The number of halogens is 2. The molecule has 0 radical (unpaired) electrons. The molecule has 0 fully saturated rings. The van der Waals surface area contributed by atoms with Crippen LogP contribution in [0.1, 0.15) is 0 Å². The van der Waals surface area contributed by atoms with Crippen LogP contribution in [0, 0.1) is 5.82 Å². The van der Waals surface area contributed by atoms with Crippen molar-refractivity contribution in [1.29, 1.82) is 0 Å². The molecule has 1 heterocycles. The Bertz CT molecular complexity index is 500. The molecule has 2 aromatic rings. The first kappa shape index (κ1) is 9.93. The number of nitrogens with zero attached hydrogens (tertiary/aromatic N) is 1. The average Bonchev–Trinajstić information content (AvgIpc) is 2.22. The number of hydrogen-bond acceptors (Lipinski definition) is 2. The summed E-state index contributed by atoms with van der Waals surface area (Å²) < 4.78 is 12.9. The summed E-state index contributed by atoms with van der Waals surface area (Å²) in [6.45, 7) is 0. The lowest BCUT2D eigenvalue weighted by Crippen LogP contribution is -1.88. The second-order valence-corrected chi connectivity index (χ2v) is 3.54. The molecule has 0 saturated heterocycles. The fraction of sp³-hybridized carbons (Fsp3) is 0. The quantitative estimate of drug-likeness (QED) is 0.753. The van der Waals surface area contributed by atoms with Crippen LogP contribution in [0.4, 0.5) is 10.1 Å². The van der Waals surface area contributed by atoms with Crippen LogP contribution in [-0.4, -0.2) is 4.98 Å². The number of pyridine rings is 1. The second kappa shape index (κ2) is 3.87. The molecule has 76 valence electrons. The molecule has 1 aromatic heterocycles. The van der Waals surface area contributed by atoms with Crippen LogP contribution < -0.4 is 5.73 Å². The van der Waals surface area contributed by atoms with Crippen molar-refractivity contribution >= 4 is 17.3 Å². The van der Waals surface area contributed by atoms with E-state index >= 15 is 0 Å². The van der Waals surface area contributed by atoms with E-state index in [1.807, 2.05) is 0 Å². The van der Waals surface area contributed by atoms with Crippen molar-refractivity contribution < 1.29 is 4.39 Å². The van der Waals surface area contributed by atoms with Gasteiger partial charge >= 0.3 is 0 Å². The summed E-state index contributed by atoms with van der Waals surface area (Å²) >= 11 is 5.98. The molecule has 1 aromatic carbocycles. The summed E-state index contributed by atoms with van der Waals surface area (Å²) in [6, 6.07) is 6.43. The van der Waals surface area contributed by atoms with E-state index in [9.17, 15) is 4.39 Å². The van der Waals surface area contributed by atoms with Gasteiger partial charge in [0, 0.05) is 28.0 Å². The number of nitrogen functional groups attached to an aromatic ring is 1. The zero-order valence-electron chi connectivity index (χ0n) is 7.74. The van der Waals surface area contributed by atoms with E-state index in [2.05, 4.69) is 4.98 Å². The Kier molecular flexibility index (Phi) is 2.56. The standard InChI is InChI=1S/C11H8ClFN2/c12-11-2-1-9(14)4-10(11)7-3-8(13)6-15-5-7/h1-6H,14H2. The molecular weight excluding hydrogens is 215 g/mol. The fourth-order valence-corrected chi connectivity index (χ4v) is 1.55. The van der Waals surface area contributed by atoms with E-state index in [0.717, 1.165) is 6.20 Å². The molecule has 0 aliphatic heterocycles. The number of hydrogen-bond donors (Lipinski definition) is 1. The van der Waals surface area contributed by atoms with E-state index < -0.39 is 5.82 Å².